The number of carbonyl (C=O) groups excluding carboxylic acids is 1. The maximum atomic E-state index is 11.6. The molecule has 1 amide bonds. The smallest absolute Gasteiger partial charge is 0.234 e. The number of ether oxygens (including phenoxy) is 1. The lowest BCUT2D eigenvalue weighted by molar-refractivity contribution is -0.121. The van der Waals surface area contributed by atoms with Crippen LogP contribution in [-0.2, 0) is 9.53 Å². The molecule has 1 saturated heterocycles. The number of piperidine rings is 1. The summed E-state index contributed by atoms with van der Waals surface area (Å²) in [6.45, 7) is 5.12. The van der Waals surface area contributed by atoms with Crippen LogP contribution in [0.15, 0.2) is 0 Å². The van der Waals surface area contributed by atoms with Crippen molar-refractivity contribution in [1.29, 1.82) is 0 Å². The normalized spacial score (nSPS) is 20.2. The first-order valence-electron chi connectivity index (χ1n) is 6.32. The zero-order valence-corrected chi connectivity index (χ0v) is 11.2. The third-order valence-electron chi connectivity index (χ3n) is 3.09. The lowest BCUT2D eigenvalue weighted by Crippen LogP contribution is -2.46. The number of amides is 1. The first-order valence-corrected chi connectivity index (χ1v) is 6.32. The second-order valence-corrected chi connectivity index (χ2v) is 4.88. The van der Waals surface area contributed by atoms with E-state index in [0.717, 1.165) is 25.9 Å². The van der Waals surface area contributed by atoms with Crippen molar-refractivity contribution >= 4 is 5.91 Å². The predicted molar refractivity (Wildman–Crippen MR) is 68.0 cm³/mol. The zero-order valence-electron chi connectivity index (χ0n) is 11.2. The Morgan fingerprint density at radius 1 is 1.47 bits per heavy atom. The van der Waals surface area contributed by atoms with Gasteiger partial charge < -0.3 is 20.3 Å². The minimum absolute atomic E-state index is 0.0495. The van der Waals surface area contributed by atoms with Gasteiger partial charge in [0, 0.05) is 19.2 Å². The van der Waals surface area contributed by atoms with Gasteiger partial charge in [0.25, 0.3) is 0 Å². The van der Waals surface area contributed by atoms with E-state index in [0.29, 0.717) is 19.2 Å². The molecule has 0 aromatic heterocycles. The Kier molecular flexibility index (Phi) is 6.47. The average molecular weight is 243 g/mol. The third kappa shape index (κ3) is 6.00. The van der Waals surface area contributed by atoms with Crippen LogP contribution in [0, 0.1) is 0 Å². The Hall–Kier alpha value is -0.650. The van der Waals surface area contributed by atoms with Crippen LogP contribution in [0.3, 0.4) is 0 Å². The molecule has 1 rings (SSSR count). The molecule has 17 heavy (non-hydrogen) atoms. The Morgan fingerprint density at radius 3 is 2.71 bits per heavy atom. The molecule has 5 nitrogen and oxygen atoms in total. The van der Waals surface area contributed by atoms with Crippen LogP contribution >= 0.6 is 0 Å². The van der Waals surface area contributed by atoms with Gasteiger partial charge in [-0.2, -0.15) is 0 Å². The third-order valence-corrected chi connectivity index (χ3v) is 3.09. The summed E-state index contributed by atoms with van der Waals surface area (Å²) in [5.41, 5.74) is 0. The number of rotatable bonds is 6. The second-order valence-electron chi connectivity index (χ2n) is 4.88. The fraction of sp³-hybridized carbons (Fsp3) is 0.917. The Labute approximate surface area is 104 Å². The van der Waals surface area contributed by atoms with E-state index >= 15 is 0 Å². The maximum Gasteiger partial charge on any atom is 0.234 e. The summed E-state index contributed by atoms with van der Waals surface area (Å²) in [5.74, 6) is 0.0495. The molecule has 1 aliphatic heterocycles. The maximum absolute atomic E-state index is 11.6. The molecule has 0 bridgehead atoms. The standard InChI is InChI=1S/C12H25N3O2/c1-10(9-17-3)14-12(16)8-13-11-4-6-15(2)7-5-11/h10-11,13H,4-9H2,1-3H3,(H,14,16). The van der Waals surface area contributed by atoms with Crippen molar-refractivity contribution in [1.82, 2.24) is 15.5 Å². The molecule has 5 heteroatoms. The lowest BCUT2D eigenvalue weighted by atomic mass is 10.1. The van der Waals surface area contributed by atoms with Crippen molar-refractivity contribution in [2.24, 2.45) is 0 Å². The molecule has 100 valence electrons. The summed E-state index contributed by atoms with van der Waals surface area (Å²) < 4.78 is 4.97. The van der Waals surface area contributed by atoms with Gasteiger partial charge >= 0.3 is 0 Å². The number of nitrogens with one attached hydrogen (secondary N) is 2. The van der Waals surface area contributed by atoms with Gasteiger partial charge in [-0.05, 0) is 39.9 Å². The number of methoxy groups -OCH3 is 1. The summed E-state index contributed by atoms with van der Waals surface area (Å²) in [4.78, 5) is 13.9. The van der Waals surface area contributed by atoms with E-state index < -0.39 is 0 Å². The molecule has 0 spiro atoms. The van der Waals surface area contributed by atoms with Crippen molar-refractivity contribution in [3.05, 3.63) is 0 Å². The molecule has 1 atom stereocenters. The fourth-order valence-corrected chi connectivity index (χ4v) is 2.07. The number of likely N-dealkylation sites (tertiary alicyclic amines) is 1. The van der Waals surface area contributed by atoms with E-state index in [2.05, 4.69) is 22.6 Å². The van der Waals surface area contributed by atoms with E-state index in [1.54, 1.807) is 7.11 Å². The molecule has 0 aliphatic carbocycles. The minimum Gasteiger partial charge on any atom is -0.383 e. The van der Waals surface area contributed by atoms with Crippen LogP contribution in [0.25, 0.3) is 0 Å². The van der Waals surface area contributed by atoms with E-state index in [-0.39, 0.29) is 11.9 Å². The van der Waals surface area contributed by atoms with Gasteiger partial charge in [-0.25, -0.2) is 0 Å². The minimum atomic E-state index is 0.0495. The Balaban J connectivity index is 2.11. The highest BCUT2D eigenvalue weighted by molar-refractivity contribution is 5.78. The van der Waals surface area contributed by atoms with Crippen molar-refractivity contribution in [3.63, 3.8) is 0 Å². The molecule has 2 N–H and O–H groups in total. The quantitative estimate of drug-likeness (QED) is 0.679. The van der Waals surface area contributed by atoms with Crippen molar-refractivity contribution in [3.8, 4) is 0 Å². The van der Waals surface area contributed by atoms with Crippen molar-refractivity contribution in [2.45, 2.75) is 31.8 Å². The van der Waals surface area contributed by atoms with Gasteiger partial charge in [-0.1, -0.05) is 0 Å². The number of carbonyl (C=O) groups is 1. The number of nitrogens with zero attached hydrogens (tertiary/aromatic N) is 1. The Morgan fingerprint density at radius 2 is 2.12 bits per heavy atom. The molecular weight excluding hydrogens is 218 g/mol. The van der Waals surface area contributed by atoms with Gasteiger partial charge in [0.05, 0.1) is 13.2 Å². The summed E-state index contributed by atoms with van der Waals surface area (Å²) in [6, 6.07) is 0.557. The van der Waals surface area contributed by atoms with Gasteiger partial charge in [-0.3, -0.25) is 4.79 Å². The van der Waals surface area contributed by atoms with Gasteiger partial charge in [0.1, 0.15) is 0 Å². The Bertz CT molecular complexity index is 228. The van der Waals surface area contributed by atoms with E-state index in [9.17, 15) is 4.79 Å². The molecule has 0 aromatic rings. The molecule has 0 radical (unpaired) electrons. The van der Waals surface area contributed by atoms with Crippen molar-refractivity contribution in [2.75, 3.05) is 40.4 Å². The summed E-state index contributed by atoms with van der Waals surface area (Å²) in [7, 11) is 3.77. The fourth-order valence-electron chi connectivity index (χ4n) is 2.07. The molecule has 1 aliphatic rings. The molecule has 0 saturated carbocycles. The van der Waals surface area contributed by atoms with Gasteiger partial charge in [0.2, 0.25) is 5.91 Å². The van der Waals surface area contributed by atoms with Crippen LogP contribution in [0.1, 0.15) is 19.8 Å². The average Bonchev–Trinajstić information content (AvgIpc) is 2.28. The summed E-state index contributed by atoms with van der Waals surface area (Å²) in [6.07, 6.45) is 2.24. The summed E-state index contributed by atoms with van der Waals surface area (Å²) >= 11 is 0. The monoisotopic (exact) mass is 243 g/mol. The molecular formula is C12H25N3O2. The summed E-state index contributed by atoms with van der Waals surface area (Å²) in [5, 5.41) is 6.20. The molecule has 0 aromatic carbocycles. The highest BCUT2D eigenvalue weighted by Gasteiger charge is 2.17. The van der Waals surface area contributed by atoms with Crippen LogP contribution < -0.4 is 10.6 Å². The van der Waals surface area contributed by atoms with E-state index in [1.807, 2.05) is 6.92 Å². The largest absolute Gasteiger partial charge is 0.383 e. The zero-order chi connectivity index (χ0) is 12.7. The number of hydrogen-bond acceptors (Lipinski definition) is 4. The molecule has 1 unspecified atom stereocenters. The first-order chi connectivity index (χ1) is 8.11. The van der Waals surface area contributed by atoms with Gasteiger partial charge in [-0.15, -0.1) is 0 Å². The van der Waals surface area contributed by atoms with Gasteiger partial charge in [0.15, 0.2) is 0 Å². The number of hydrogen-bond donors (Lipinski definition) is 2. The highest BCUT2D eigenvalue weighted by Crippen LogP contribution is 2.07. The van der Waals surface area contributed by atoms with Crippen molar-refractivity contribution < 1.29 is 9.53 Å². The molecule has 1 heterocycles. The second kappa shape index (κ2) is 7.63. The highest BCUT2D eigenvalue weighted by atomic mass is 16.5. The SMILES string of the molecule is COCC(C)NC(=O)CNC1CCN(C)CC1. The van der Waals surface area contributed by atoms with E-state index in [4.69, 9.17) is 4.74 Å². The van der Waals surface area contributed by atoms with E-state index in [1.165, 1.54) is 0 Å². The first kappa shape index (κ1) is 14.4. The van der Waals surface area contributed by atoms with Crippen LogP contribution in [0.4, 0.5) is 0 Å². The molecule has 1 fully saturated rings. The van der Waals surface area contributed by atoms with Crippen LogP contribution in [0.5, 0.6) is 0 Å². The van der Waals surface area contributed by atoms with Crippen LogP contribution in [0.2, 0.25) is 0 Å². The lowest BCUT2D eigenvalue weighted by Gasteiger charge is -2.29. The van der Waals surface area contributed by atoms with Crippen LogP contribution in [-0.4, -0.2) is 63.3 Å². The predicted octanol–water partition coefficient (Wildman–Crippen LogP) is -0.179. The topological polar surface area (TPSA) is 53.6 Å².